The van der Waals surface area contributed by atoms with E-state index >= 15 is 0 Å². The minimum absolute atomic E-state index is 0.0905. The van der Waals surface area contributed by atoms with Gasteiger partial charge in [-0.15, -0.1) is 0 Å². The van der Waals surface area contributed by atoms with Crippen LogP contribution in [-0.2, 0) is 5.41 Å². The Balaban J connectivity index is 1.43. The molecule has 0 amide bonds. The Morgan fingerprint density at radius 3 is 1.15 bits per heavy atom. The summed E-state index contributed by atoms with van der Waals surface area (Å²) in [4.78, 5) is 0. The van der Waals surface area contributed by atoms with E-state index in [4.69, 9.17) is 0 Å². The Morgan fingerprint density at radius 2 is 0.729 bits per heavy atom. The second-order valence-electron chi connectivity index (χ2n) is 13.8. The van der Waals surface area contributed by atoms with Crippen molar-refractivity contribution >= 4 is 0 Å². The Bertz CT molecular complexity index is 2160. The van der Waals surface area contributed by atoms with Gasteiger partial charge in [-0.1, -0.05) is 120 Å². The lowest BCUT2D eigenvalue weighted by atomic mass is 9.47. The number of hydrogen-bond donors (Lipinski definition) is 0. The SMILES string of the molecule is C(#Cc1cc(C23CC4CC(CC(C4)C2)C3)c(C#Cc2ccccc2)c(C#Cc2ccccc2)c1C#Cc1ccccc1)c1ccccc1. The molecule has 0 aliphatic heterocycles. The minimum Gasteiger partial charge on any atom is -0.0622 e. The third-order valence-electron chi connectivity index (χ3n) is 10.4. The second kappa shape index (κ2) is 13.2. The summed E-state index contributed by atoms with van der Waals surface area (Å²) in [7, 11) is 0. The van der Waals surface area contributed by atoms with Gasteiger partial charge in [0.25, 0.3) is 0 Å². The molecule has 0 spiro atoms. The summed E-state index contributed by atoms with van der Waals surface area (Å²) in [6.07, 6.45) is 7.83. The van der Waals surface area contributed by atoms with Gasteiger partial charge in [-0.2, -0.15) is 0 Å². The molecule has 0 radical (unpaired) electrons. The first kappa shape index (κ1) is 29.7. The third kappa shape index (κ3) is 6.33. The van der Waals surface area contributed by atoms with Crippen molar-refractivity contribution in [2.24, 2.45) is 17.8 Å². The molecule has 4 fully saturated rings. The molecular weight excluding hydrogens is 577 g/mol. The quantitative estimate of drug-likeness (QED) is 0.165. The number of rotatable bonds is 1. The van der Waals surface area contributed by atoms with E-state index in [2.05, 4.69) is 114 Å². The molecule has 0 nitrogen and oxygen atoms in total. The van der Waals surface area contributed by atoms with E-state index in [9.17, 15) is 0 Å². The zero-order valence-corrected chi connectivity index (χ0v) is 27.1. The van der Waals surface area contributed by atoms with Crippen LogP contribution in [0.4, 0.5) is 0 Å². The molecule has 0 saturated heterocycles. The molecule has 0 aromatic heterocycles. The second-order valence-corrected chi connectivity index (χ2v) is 13.8. The molecule has 0 N–H and O–H groups in total. The molecular formula is C48H36. The molecule has 5 aromatic carbocycles. The summed E-state index contributed by atoms with van der Waals surface area (Å²) in [5.41, 5.74) is 9.08. The lowest BCUT2D eigenvalue weighted by Gasteiger charge is -2.57. The van der Waals surface area contributed by atoms with Crippen molar-refractivity contribution < 1.29 is 0 Å². The lowest BCUT2D eigenvalue weighted by molar-refractivity contribution is -0.00531. The fraction of sp³-hybridized carbons (Fsp3) is 0.208. The largest absolute Gasteiger partial charge is 0.0622 e. The fourth-order valence-electron chi connectivity index (χ4n) is 8.65. The van der Waals surface area contributed by atoms with Gasteiger partial charge in [0.15, 0.2) is 0 Å². The average Bonchev–Trinajstić information content (AvgIpc) is 3.12. The molecule has 4 aliphatic rings. The van der Waals surface area contributed by atoms with Crippen LogP contribution in [0, 0.1) is 65.1 Å². The van der Waals surface area contributed by atoms with Crippen molar-refractivity contribution in [2.75, 3.05) is 0 Å². The van der Waals surface area contributed by atoms with Crippen LogP contribution < -0.4 is 0 Å². The molecule has 0 atom stereocenters. The summed E-state index contributed by atoms with van der Waals surface area (Å²) in [5, 5.41) is 0. The lowest BCUT2D eigenvalue weighted by Crippen LogP contribution is -2.49. The van der Waals surface area contributed by atoms with Gasteiger partial charge in [0.05, 0.1) is 11.1 Å². The molecule has 48 heavy (non-hydrogen) atoms. The predicted molar refractivity (Wildman–Crippen MR) is 196 cm³/mol. The molecule has 228 valence electrons. The zero-order chi connectivity index (χ0) is 32.2. The Morgan fingerprint density at radius 1 is 0.375 bits per heavy atom. The van der Waals surface area contributed by atoms with E-state index in [1.807, 2.05) is 60.7 Å². The first-order valence-corrected chi connectivity index (χ1v) is 17.2. The predicted octanol–water partition coefficient (Wildman–Crippen LogP) is 9.75. The van der Waals surface area contributed by atoms with Crippen molar-refractivity contribution in [3.05, 3.63) is 177 Å². The van der Waals surface area contributed by atoms with E-state index < -0.39 is 0 Å². The third-order valence-corrected chi connectivity index (χ3v) is 10.4. The van der Waals surface area contributed by atoms with Crippen molar-refractivity contribution in [1.82, 2.24) is 0 Å². The zero-order valence-electron chi connectivity index (χ0n) is 27.1. The molecule has 0 unspecified atom stereocenters. The van der Waals surface area contributed by atoms with Gasteiger partial charge in [0.2, 0.25) is 0 Å². The highest BCUT2D eigenvalue weighted by Gasteiger charge is 2.52. The topological polar surface area (TPSA) is 0 Å². The average molecular weight is 613 g/mol. The van der Waals surface area contributed by atoms with Crippen LogP contribution in [0.1, 0.15) is 88.6 Å². The first-order chi connectivity index (χ1) is 23.7. The molecule has 4 bridgehead atoms. The van der Waals surface area contributed by atoms with E-state index in [-0.39, 0.29) is 5.41 Å². The Kier molecular flexibility index (Phi) is 8.19. The maximum absolute atomic E-state index is 3.73. The highest BCUT2D eigenvalue weighted by molar-refractivity contribution is 5.71. The molecule has 5 aromatic rings. The van der Waals surface area contributed by atoms with Crippen molar-refractivity contribution in [3.63, 3.8) is 0 Å². The van der Waals surface area contributed by atoms with Crippen LogP contribution in [0.2, 0.25) is 0 Å². The van der Waals surface area contributed by atoms with Gasteiger partial charge in [-0.25, -0.2) is 0 Å². The standard InChI is InChI=1S/C48H36/c1-5-13-36(14-6-1)21-25-43-32-47(48-33-40-29-41(34-48)31-42(30-40)35-48)46(28-24-39-19-11-4-12-20-39)45(27-23-38-17-9-3-10-18-38)44(43)26-22-37-15-7-2-8-16-37/h1-20,32,40-42H,29-31,33-35H2. The van der Waals surface area contributed by atoms with Gasteiger partial charge < -0.3 is 0 Å². The molecule has 0 heteroatoms. The van der Waals surface area contributed by atoms with Gasteiger partial charge >= 0.3 is 0 Å². The first-order valence-electron chi connectivity index (χ1n) is 17.2. The van der Waals surface area contributed by atoms with E-state index in [0.29, 0.717) is 0 Å². The fourth-order valence-corrected chi connectivity index (χ4v) is 8.65. The summed E-state index contributed by atoms with van der Waals surface area (Å²) < 4.78 is 0. The Hall–Kier alpha value is -5.66. The van der Waals surface area contributed by atoms with Gasteiger partial charge in [-0.05, 0) is 122 Å². The number of benzene rings is 5. The smallest absolute Gasteiger partial charge is 0.0578 e. The van der Waals surface area contributed by atoms with E-state index in [1.165, 1.54) is 44.1 Å². The Labute approximate surface area is 285 Å². The van der Waals surface area contributed by atoms with Gasteiger partial charge in [0, 0.05) is 33.4 Å². The monoisotopic (exact) mass is 612 g/mol. The highest BCUT2D eigenvalue weighted by atomic mass is 14.6. The molecule has 9 rings (SSSR count). The molecule has 0 heterocycles. The number of hydrogen-bond acceptors (Lipinski definition) is 0. The van der Waals surface area contributed by atoms with Crippen LogP contribution in [0.15, 0.2) is 127 Å². The summed E-state index contributed by atoms with van der Waals surface area (Å²) >= 11 is 0. The molecule has 4 saturated carbocycles. The van der Waals surface area contributed by atoms with Crippen molar-refractivity contribution in [1.29, 1.82) is 0 Å². The van der Waals surface area contributed by atoms with Crippen LogP contribution in [0.3, 0.4) is 0 Å². The maximum Gasteiger partial charge on any atom is 0.0578 e. The van der Waals surface area contributed by atoms with E-state index in [1.54, 1.807) is 0 Å². The van der Waals surface area contributed by atoms with Crippen molar-refractivity contribution in [2.45, 2.75) is 43.9 Å². The van der Waals surface area contributed by atoms with Gasteiger partial charge in [0.1, 0.15) is 0 Å². The van der Waals surface area contributed by atoms with Gasteiger partial charge in [-0.3, -0.25) is 0 Å². The van der Waals surface area contributed by atoms with E-state index in [0.717, 1.165) is 62.3 Å². The minimum atomic E-state index is 0.0905. The normalized spacial score (nSPS) is 21.3. The van der Waals surface area contributed by atoms with Crippen LogP contribution in [0.5, 0.6) is 0 Å². The van der Waals surface area contributed by atoms with Crippen molar-refractivity contribution in [3.8, 4) is 47.4 Å². The van der Waals surface area contributed by atoms with Crippen LogP contribution in [-0.4, -0.2) is 0 Å². The van der Waals surface area contributed by atoms with Crippen LogP contribution >= 0.6 is 0 Å². The van der Waals surface area contributed by atoms with Crippen LogP contribution in [0.25, 0.3) is 0 Å². The molecule has 4 aliphatic carbocycles. The maximum atomic E-state index is 3.73. The summed E-state index contributed by atoms with van der Waals surface area (Å²) in [5.74, 6) is 31.0. The summed E-state index contributed by atoms with van der Waals surface area (Å²) in [6.45, 7) is 0. The highest BCUT2D eigenvalue weighted by Crippen LogP contribution is 2.61. The summed E-state index contributed by atoms with van der Waals surface area (Å²) in [6, 6.07) is 43.4.